The Morgan fingerprint density at radius 2 is 0.764 bits per heavy atom. The molecule has 10 aromatic rings. The number of carboxylic acid groups (broad SMARTS) is 1. The minimum absolute atomic E-state index is 0. The monoisotopic (exact) mass is 1730 g/mol. The van der Waals surface area contributed by atoms with E-state index in [0.717, 1.165) is 37.7 Å². The molecule has 596 valence electrons. The third kappa shape index (κ3) is 29.1. The molecule has 43 nitrogen and oxygen atoms in total. The van der Waals surface area contributed by atoms with Crippen LogP contribution in [0.3, 0.4) is 0 Å². The van der Waals surface area contributed by atoms with E-state index in [2.05, 4.69) is 96.0 Å². The number of nitrogens with zero attached hydrogens (tertiary/aromatic N) is 8. The summed E-state index contributed by atoms with van der Waals surface area (Å²) in [6, 6.07) is 15.5. The number of H-pyrrole nitrogens is 5. The number of hydrogen-bond acceptors (Lipinski definition) is 27. The van der Waals surface area contributed by atoms with Crippen LogP contribution >= 0.6 is 11.6 Å². The quantitative estimate of drug-likeness (QED) is 0.0140. The Balaban J connectivity index is -0.00000125. The van der Waals surface area contributed by atoms with Crippen LogP contribution in [0.4, 0.5) is 52.5 Å². The molecule has 0 saturated heterocycles. The van der Waals surface area contributed by atoms with Crippen molar-refractivity contribution < 1.29 is 108 Å². The van der Waals surface area contributed by atoms with Crippen LogP contribution in [0.1, 0.15) is 150 Å². The molecule has 0 aliphatic heterocycles. The van der Waals surface area contributed by atoms with E-state index in [9.17, 15) is 78.3 Å². The summed E-state index contributed by atoms with van der Waals surface area (Å²) in [6.45, 7) is 12.9. The number of imidazole rings is 5. The third-order valence-corrected chi connectivity index (χ3v) is 12.9. The van der Waals surface area contributed by atoms with E-state index in [4.69, 9.17) is 33.0 Å². The van der Waals surface area contributed by atoms with E-state index in [1.807, 2.05) is 6.92 Å². The standard InChI is InChI=1S/C15H19N5O3.C12H13N5O4.C11H10N4O5.C9H8N4O4.C9H9N3O2.C3H5ClO.C2H4O2.4CH4.H2N.W/c1-4-12(22)18-9-6-10(14(23)16-5-2)13-11(7-9)19-15(20-13)17-8(3)21;1-3-13-11(19)8-4-7(17(20)21)5-9-10(8)16-12(15-9)14-6(2)18;1-5(16)12-11-13-8-4-6(15(18)19)3-7(9(8)14-11)10(17)20-2;1-17-8(14)5-2-4(13(15)16)3-6-7(5)12-9(10)11-6;1-14-8(13)5-3-2-4-6-7(5)12-9(10)11-6;1-2-3(4)5;1-2(3)4;;;;;;/h6-7H,4-5H2,1-3H3,(H,16,23)(H,18,22)(H2,17,19,20,21);4-5H,3H2,1-2H3,(H,13,19)(H2,14,15,16,18);3-4H,1-2H3,(H2,12,13,14,16);2-3H,1H3,(H3,10,11,12);2-4H,1H3,(H3,10,11,12);2H2,1H3;1H3,(H,3,4);4*1H4;1H2;/q;;;;;;;;;;;-1;. The number of fused-ring (bicyclic) bond motifs is 5. The van der Waals surface area contributed by atoms with Crippen LogP contribution in [0.5, 0.6) is 0 Å². The fourth-order valence-electron chi connectivity index (χ4n) is 8.47. The van der Waals surface area contributed by atoms with Crippen LogP contribution in [0.2, 0.25) is 0 Å². The van der Waals surface area contributed by atoms with Crippen molar-refractivity contribution in [3.8, 4) is 0 Å². The molecule has 0 aliphatic rings. The first-order valence-corrected chi connectivity index (χ1v) is 30.3. The number of ether oxygens (including phenoxy) is 3. The van der Waals surface area contributed by atoms with Crippen molar-refractivity contribution in [2.45, 2.75) is 97.9 Å². The van der Waals surface area contributed by atoms with Gasteiger partial charge in [-0.2, -0.15) is 0 Å². The first kappa shape index (κ1) is 101. The second kappa shape index (κ2) is 47.2. The second-order valence-electron chi connectivity index (χ2n) is 20.4. The van der Waals surface area contributed by atoms with E-state index in [-0.39, 0.29) is 177 Å². The number of aromatic amines is 5. The Morgan fingerprint density at radius 1 is 0.464 bits per heavy atom. The van der Waals surface area contributed by atoms with E-state index in [1.165, 1.54) is 53.2 Å². The number of nitro benzene ring substituents is 3. The largest absolute Gasteiger partial charge is 0.693 e. The molecule has 0 atom stereocenters. The van der Waals surface area contributed by atoms with Gasteiger partial charge in [0.15, 0.2) is 11.9 Å². The number of nitrogen functional groups attached to an aromatic ring is 2. The fourth-order valence-corrected chi connectivity index (χ4v) is 8.47. The number of halogens is 1. The molecular formula is C65H86ClN22O21W-. The van der Waals surface area contributed by atoms with Gasteiger partial charge in [-0.25, -0.2) is 39.3 Å². The molecule has 0 radical (unpaired) electrons. The van der Waals surface area contributed by atoms with Gasteiger partial charge in [0.2, 0.25) is 46.7 Å². The molecule has 5 aromatic carbocycles. The van der Waals surface area contributed by atoms with Gasteiger partial charge < -0.3 is 77.8 Å². The maximum Gasteiger partial charge on any atom is 0.340 e. The predicted molar refractivity (Wildman–Crippen MR) is 408 cm³/mol. The van der Waals surface area contributed by atoms with E-state index >= 15 is 0 Å². The van der Waals surface area contributed by atoms with Gasteiger partial charge in [0.25, 0.3) is 34.8 Å². The number of anilines is 6. The van der Waals surface area contributed by atoms with Gasteiger partial charge in [-0.1, -0.05) is 49.6 Å². The van der Waals surface area contributed by atoms with Gasteiger partial charge in [-0.3, -0.25) is 84.6 Å². The molecule has 110 heavy (non-hydrogen) atoms. The number of nitro groups is 3. The number of aromatic nitrogens is 10. The molecule has 0 aliphatic carbocycles. The number of esters is 3. The SMILES string of the molecule is C.C.C.C.CC(=O)O.CCC(=O)Cl.CCNC(=O)c1cc(NC(=O)CC)cc2[nH]c(NC(C)=O)nc12.CCNC(=O)c1cc([N+](=O)[O-])cc2[nH]c(NC(C)=O)nc12.COC(=O)c1cc([N+](=O)[O-])cc2[nH]c(N)nc12.COC(=O)c1cc([N+](=O)[O-])cc2[nH]c(NC(C)=O)nc12.COC(=O)c1cccc2[nH]c(N)nc12.[NH2-].[W]. The topological polar surface area (TPSA) is 666 Å². The molecule has 0 spiro atoms. The summed E-state index contributed by atoms with van der Waals surface area (Å²) >= 11 is 4.82. The number of hydrogen-bond donors (Lipinski definition) is 14. The van der Waals surface area contributed by atoms with Crippen LogP contribution < -0.4 is 43.4 Å². The van der Waals surface area contributed by atoms with Crippen LogP contribution in [0.15, 0.2) is 66.7 Å². The van der Waals surface area contributed by atoms with Crippen molar-refractivity contribution in [2.75, 3.05) is 67.2 Å². The van der Waals surface area contributed by atoms with E-state index in [0.29, 0.717) is 70.3 Å². The Labute approximate surface area is 645 Å². The number of nitrogens with two attached hydrogens (primary N) is 3. The first-order chi connectivity index (χ1) is 49.0. The molecule has 18 N–H and O–H groups in total. The first-order valence-electron chi connectivity index (χ1n) is 29.9. The van der Waals surface area contributed by atoms with Crippen molar-refractivity contribution in [3.05, 3.63) is 131 Å². The smallest absolute Gasteiger partial charge is 0.340 e. The molecule has 0 saturated carbocycles. The second-order valence-corrected chi connectivity index (χ2v) is 20.9. The number of amides is 6. The zero-order valence-electron chi connectivity index (χ0n) is 57.9. The number of carboxylic acids is 1. The van der Waals surface area contributed by atoms with E-state index < -0.39 is 44.6 Å². The van der Waals surface area contributed by atoms with Gasteiger partial charge in [-0.05, 0) is 49.7 Å². The summed E-state index contributed by atoms with van der Waals surface area (Å²) in [5.41, 5.74) is 15.2. The summed E-state index contributed by atoms with van der Waals surface area (Å²) in [6.07, 6.45) is 0.760. The molecular weight excluding hydrogens is 1640 g/mol. The normalized spacial score (nSPS) is 9.53. The Bertz CT molecular complexity index is 4950. The fraction of sp³-hybridized carbons (Fsp3) is 0.292. The van der Waals surface area contributed by atoms with Crippen LogP contribution in [0, 0.1) is 30.3 Å². The minimum atomic E-state index is -0.833. The Kier molecular flexibility index (Phi) is 43.2. The maximum absolute atomic E-state index is 12.2. The zero-order valence-corrected chi connectivity index (χ0v) is 61.6. The predicted octanol–water partition coefficient (Wildman–Crippen LogP) is 10.3. The summed E-state index contributed by atoms with van der Waals surface area (Å²) in [5.74, 6) is -3.78. The molecule has 5 heterocycles. The number of para-hydroxylation sites is 1. The van der Waals surface area contributed by atoms with Crippen LogP contribution in [0.25, 0.3) is 61.3 Å². The van der Waals surface area contributed by atoms with Crippen molar-refractivity contribution >= 4 is 184 Å². The minimum Gasteiger partial charge on any atom is -0.693 e. The van der Waals surface area contributed by atoms with Crippen molar-refractivity contribution in [3.63, 3.8) is 0 Å². The number of methoxy groups -OCH3 is 3. The van der Waals surface area contributed by atoms with Crippen LogP contribution in [-0.2, 0) is 64.0 Å². The van der Waals surface area contributed by atoms with Gasteiger partial charge >= 0.3 is 17.9 Å². The molecule has 5 aromatic heterocycles. The van der Waals surface area contributed by atoms with E-state index in [1.54, 1.807) is 51.1 Å². The molecule has 45 heteroatoms. The number of benzene rings is 5. The zero-order chi connectivity index (χ0) is 78.0. The summed E-state index contributed by atoms with van der Waals surface area (Å²) in [4.78, 5) is 187. The summed E-state index contributed by atoms with van der Waals surface area (Å²) in [5, 5.41) is 55.0. The summed E-state index contributed by atoms with van der Waals surface area (Å²) in [7, 11) is 3.68. The Hall–Kier alpha value is -13.4. The van der Waals surface area contributed by atoms with Gasteiger partial charge in [0.05, 0.1) is 91.5 Å². The molecule has 6 amide bonds. The molecule has 0 unspecified atom stereocenters. The van der Waals surface area contributed by atoms with Gasteiger partial charge in [0.1, 0.15) is 27.6 Å². The average Bonchev–Trinajstić information content (AvgIpc) is 1.62. The van der Waals surface area contributed by atoms with Crippen LogP contribution in [-0.4, -0.2) is 169 Å². The van der Waals surface area contributed by atoms with Crippen molar-refractivity contribution in [1.82, 2.24) is 60.5 Å². The summed E-state index contributed by atoms with van der Waals surface area (Å²) < 4.78 is 13.7. The number of non-ortho nitro benzene ring substituents is 3. The third-order valence-electron chi connectivity index (χ3n) is 12.6. The number of aliphatic carboxylic acids is 1. The Morgan fingerprint density at radius 3 is 1.09 bits per heavy atom. The number of carbonyl (C=O) groups is 11. The number of carbonyl (C=O) groups excluding carboxylic acids is 10. The van der Waals surface area contributed by atoms with Crippen molar-refractivity contribution in [1.29, 1.82) is 0 Å². The molecule has 10 rings (SSSR count). The molecule has 0 bridgehead atoms. The maximum atomic E-state index is 12.2. The average molecular weight is 1730 g/mol. The number of nitrogens with one attached hydrogen (secondary N) is 11. The molecule has 0 fully saturated rings. The van der Waals surface area contributed by atoms with Crippen molar-refractivity contribution in [2.24, 2.45) is 0 Å². The van der Waals surface area contributed by atoms with Gasteiger partial charge in [-0.15, -0.1) is 0 Å². The van der Waals surface area contributed by atoms with Gasteiger partial charge in [0, 0.05) is 117 Å². The number of rotatable bonds is 16.